The van der Waals surface area contributed by atoms with Gasteiger partial charge in [0, 0.05) is 5.02 Å². The molecule has 2 heteroatoms. The lowest BCUT2D eigenvalue weighted by Crippen LogP contribution is -2.02. The first-order valence-corrected chi connectivity index (χ1v) is 5.42. The van der Waals surface area contributed by atoms with Gasteiger partial charge in [0.05, 0.1) is 6.10 Å². The molecular weight excluding hydrogens is 196 g/mol. The average molecular weight is 211 g/mol. The van der Waals surface area contributed by atoms with E-state index in [1.165, 1.54) is 0 Å². The van der Waals surface area contributed by atoms with Crippen LogP contribution in [0.2, 0.25) is 5.02 Å². The van der Waals surface area contributed by atoms with E-state index in [0.717, 1.165) is 34.6 Å². The van der Waals surface area contributed by atoms with Crippen LogP contribution in [0.3, 0.4) is 0 Å². The molecule has 1 aliphatic rings. The maximum Gasteiger partial charge on any atom is 0.0821 e. The summed E-state index contributed by atoms with van der Waals surface area (Å²) < 4.78 is 0. The van der Waals surface area contributed by atoms with Crippen molar-refractivity contribution in [1.82, 2.24) is 0 Å². The number of rotatable bonds is 2. The summed E-state index contributed by atoms with van der Waals surface area (Å²) in [4.78, 5) is 0. The van der Waals surface area contributed by atoms with Crippen molar-refractivity contribution >= 4 is 11.6 Å². The number of benzene rings is 1. The van der Waals surface area contributed by atoms with Crippen molar-refractivity contribution in [2.45, 2.75) is 32.8 Å². The molecular formula is C12H15ClO. The molecule has 0 bridgehead atoms. The number of hydrogen-bond donors (Lipinski definition) is 1. The van der Waals surface area contributed by atoms with E-state index in [1.807, 2.05) is 26.0 Å². The Kier molecular flexibility index (Phi) is 2.54. The molecule has 76 valence electrons. The van der Waals surface area contributed by atoms with Gasteiger partial charge in [-0.3, -0.25) is 0 Å². The third-order valence-electron chi connectivity index (χ3n) is 3.01. The Morgan fingerprint density at radius 3 is 2.57 bits per heavy atom. The van der Waals surface area contributed by atoms with Gasteiger partial charge in [-0.2, -0.15) is 0 Å². The number of halogens is 1. The average Bonchev–Trinajstić information content (AvgIpc) is 2.97. The molecule has 1 fully saturated rings. The molecule has 0 saturated heterocycles. The molecule has 0 radical (unpaired) electrons. The van der Waals surface area contributed by atoms with Crippen LogP contribution in [0.1, 0.15) is 35.6 Å². The fourth-order valence-electron chi connectivity index (χ4n) is 1.82. The molecule has 1 nitrogen and oxygen atoms in total. The normalized spacial score (nSPS) is 18.3. The molecule has 0 spiro atoms. The molecule has 1 atom stereocenters. The van der Waals surface area contributed by atoms with Gasteiger partial charge in [-0.05, 0) is 49.3 Å². The Morgan fingerprint density at radius 1 is 1.36 bits per heavy atom. The Hall–Kier alpha value is -0.530. The van der Waals surface area contributed by atoms with Crippen molar-refractivity contribution < 1.29 is 5.11 Å². The highest BCUT2D eigenvalue weighted by Crippen LogP contribution is 2.42. The minimum atomic E-state index is -0.312. The summed E-state index contributed by atoms with van der Waals surface area (Å²) in [6, 6.07) is 3.98. The SMILES string of the molecule is Cc1ccc(C(O)C2CC2)c(C)c1Cl. The van der Waals surface area contributed by atoms with E-state index in [1.54, 1.807) is 0 Å². The standard InChI is InChI=1S/C12H15ClO/c1-7-3-6-10(8(2)11(7)13)12(14)9-4-5-9/h3,6,9,12,14H,4-5H2,1-2H3. The van der Waals surface area contributed by atoms with Crippen LogP contribution in [0.4, 0.5) is 0 Å². The monoisotopic (exact) mass is 210 g/mol. The van der Waals surface area contributed by atoms with Crippen molar-refractivity contribution in [2.75, 3.05) is 0 Å². The highest BCUT2D eigenvalue weighted by molar-refractivity contribution is 6.32. The number of aryl methyl sites for hydroxylation is 1. The Bertz CT molecular complexity index is 356. The first-order valence-electron chi connectivity index (χ1n) is 5.05. The summed E-state index contributed by atoms with van der Waals surface area (Å²) in [5.41, 5.74) is 3.12. The number of aliphatic hydroxyl groups is 1. The molecule has 2 rings (SSSR count). The first-order chi connectivity index (χ1) is 6.61. The summed E-state index contributed by atoms with van der Waals surface area (Å²) in [6.45, 7) is 3.97. The lowest BCUT2D eigenvalue weighted by molar-refractivity contribution is 0.153. The molecule has 1 aromatic carbocycles. The van der Waals surface area contributed by atoms with Gasteiger partial charge in [0.15, 0.2) is 0 Å². The zero-order valence-corrected chi connectivity index (χ0v) is 9.30. The quantitative estimate of drug-likeness (QED) is 0.794. The minimum absolute atomic E-state index is 0.312. The second kappa shape index (κ2) is 3.56. The molecule has 1 unspecified atom stereocenters. The summed E-state index contributed by atoms with van der Waals surface area (Å²) in [6.07, 6.45) is 1.98. The van der Waals surface area contributed by atoms with Crippen LogP contribution in [-0.4, -0.2) is 5.11 Å². The molecule has 1 aliphatic carbocycles. The lowest BCUT2D eigenvalue weighted by atomic mass is 9.98. The molecule has 0 aliphatic heterocycles. The molecule has 1 aromatic rings. The van der Waals surface area contributed by atoms with E-state index in [4.69, 9.17) is 11.6 Å². The smallest absolute Gasteiger partial charge is 0.0821 e. The third-order valence-corrected chi connectivity index (χ3v) is 3.59. The summed E-state index contributed by atoms with van der Waals surface area (Å²) >= 11 is 6.14. The molecule has 1 N–H and O–H groups in total. The van der Waals surface area contributed by atoms with Crippen molar-refractivity contribution in [3.05, 3.63) is 33.8 Å². The first kappa shape index (κ1) is 10.0. The highest BCUT2D eigenvalue weighted by atomic mass is 35.5. The van der Waals surface area contributed by atoms with Crippen molar-refractivity contribution in [2.24, 2.45) is 5.92 Å². The largest absolute Gasteiger partial charge is 0.388 e. The van der Waals surface area contributed by atoms with E-state index in [0.29, 0.717) is 5.92 Å². The predicted molar refractivity (Wildman–Crippen MR) is 58.6 cm³/mol. The number of hydrogen-bond acceptors (Lipinski definition) is 1. The summed E-state index contributed by atoms with van der Waals surface area (Å²) in [5.74, 6) is 0.465. The Morgan fingerprint density at radius 2 is 2.00 bits per heavy atom. The van der Waals surface area contributed by atoms with Gasteiger partial charge >= 0.3 is 0 Å². The van der Waals surface area contributed by atoms with Crippen LogP contribution >= 0.6 is 11.6 Å². The Labute approximate surface area is 89.7 Å². The fourth-order valence-corrected chi connectivity index (χ4v) is 1.99. The van der Waals surface area contributed by atoms with Gasteiger partial charge in [-0.1, -0.05) is 23.7 Å². The van der Waals surface area contributed by atoms with E-state index >= 15 is 0 Å². The maximum absolute atomic E-state index is 10.00. The summed E-state index contributed by atoms with van der Waals surface area (Å²) in [5, 5.41) is 10.8. The lowest BCUT2D eigenvalue weighted by Gasteiger charge is -2.15. The van der Waals surface area contributed by atoms with Gasteiger partial charge in [0.2, 0.25) is 0 Å². The van der Waals surface area contributed by atoms with E-state index in [-0.39, 0.29) is 6.10 Å². The molecule has 0 aromatic heterocycles. The molecule has 0 amide bonds. The second-order valence-corrected chi connectivity index (χ2v) is 4.57. The number of aliphatic hydroxyl groups excluding tert-OH is 1. The second-order valence-electron chi connectivity index (χ2n) is 4.19. The van der Waals surface area contributed by atoms with Crippen LogP contribution in [-0.2, 0) is 0 Å². The third kappa shape index (κ3) is 1.67. The molecule has 14 heavy (non-hydrogen) atoms. The summed E-state index contributed by atoms with van der Waals surface area (Å²) in [7, 11) is 0. The van der Waals surface area contributed by atoms with Gasteiger partial charge in [-0.25, -0.2) is 0 Å². The van der Waals surface area contributed by atoms with Crippen LogP contribution in [0.5, 0.6) is 0 Å². The minimum Gasteiger partial charge on any atom is -0.388 e. The highest BCUT2D eigenvalue weighted by Gasteiger charge is 2.31. The molecule has 0 heterocycles. The van der Waals surface area contributed by atoms with Crippen LogP contribution in [0, 0.1) is 19.8 Å². The topological polar surface area (TPSA) is 20.2 Å². The fraction of sp³-hybridized carbons (Fsp3) is 0.500. The van der Waals surface area contributed by atoms with Crippen molar-refractivity contribution in [3.63, 3.8) is 0 Å². The zero-order valence-electron chi connectivity index (χ0n) is 8.55. The van der Waals surface area contributed by atoms with Crippen LogP contribution in [0.15, 0.2) is 12.1 Å². The van der Waals surface area contributed by atoms with Crippen LogP contribution < -0.4 is 0 Å². The van der Waals surface area contributed by atoms with E-state index < -0.39 is 0 Å². The van der Waals surface area contributed by atoms with Gasteiger partial charge in [0.25, 0.3) is 0 Å². The van der Waals surface area contributed by atoms with Crippen molar-refractivity contribution in [3.8, 4) is 0 Å². The van der Waals surface area contributed by atoms with E-state index in [9.17, 15) is 5.11 Å². The maximum atomic E-state index is 10.00. The molecule has 1 saturated carbocycles. The predicted octanol–water partition coefficient (Wildman–Crippen LogP) is 3.40. The van der Waals surface area contributed by atoms with Crippen molar-refractivity contribution in [1.29, 1.82) is 0 Å². The van der Waals surface area contributed by atoms with Crippen LogP contribution in [0.25, 0.3) is 0 Å². The van der Waals surface area contributed by atoms with Gasteiger partial charge < -0.3 is 5.11 Å². The van der Waals surface area contributed by atoms with Gasteiger partial charge in [0.1, 0.15) is 0 Å². The van der Waals surface area contributed by atoms with Gasteiger partial charge in [-0.15, -0.1) is 0 Å². The van der Waals surface area contributed by atoms with E-state index in [2.05, 4.69) is 0 Å². The zero-order chi connectivity index (χ0) is 10.3. The Balaban J connectivity index is 2.38.